The molecule has 0 bridgehead atoms. The molecular weight excluding hydrogens is 247 g/mol. The van der Waals surface area contributed by atoms with Crippen molar-refractivity contribution in [1.82, 2.24) is 5.32 Å². The van der Waals surface area contributed by atoms with E-state index in [1.54, 1.807) is 0 Å². The fourth-order valence-corrected chi connectivity index (χ4v) is 1.63. The molecule has 6 heteroatoms. The van der Waals surface area contributed by atoms with E-state index in [4.69, 9.17) is 9.47 Å². The van der Waals surface area contributed by atoms with Crippen LogP contribution in [0.25, 0.3) is 0 Å². The van der Waals surface area contributed by atoms with Crippen molar-refractivity contribution in [2.75, 3.05) is 20.2 Å². The van der Waals surface area contributed by atoms with Crippen LogP contribution in [-0.2, 0) is 17.5 Å². The molecule has 0 radical (unpaired) electrons. The summed E-state index contributed by atoms with van der Waals surface area (Å²) in [5, 5.41) is 3.05. The Kier molecular flexibility index (Phi) is 3.77. The zero-order valence-corrected chi connectivity index (χ0v) is 9.88. The lowest BCUT2D eigenvalue weighted by molar-refractivity contribution is -0.137. The molecule has 1 N–H and O–H groups in total. The van der Waals surface area contributed by atoms with E-state index in [1.165, 1.54) is 13.2 Å². The Bertz CT molecular complexity index is 416. The highest BCUT2D eigenvalue weighted by Crippen LogP contribution is 2.33. The Balaban J connectivity index is 2.09. The lowest BCUT2D eigenvalue weighted by Crippen LogP contribution is -2.48. The standard InChI is InChI=1S/C12H14F3NO2/c1-17-11-4-9(12(13,14)15)3-2-8(11)7-18-10-5-16-6-10/h2-4,10,16H,5-7H2,1H3. The average molecular weight is 261 g/mol. The Labute approximate surface area is 103 Å². The van der Waals surface area contributed by atoms with Crippen LogP contribution in [-0.4, -0.2) is 26.3 Å². The quantitative estimate of drug-likeness (QED) is 0.901. The maximum Gasteiger partial charge on any atom is 0.416 e. The maximum atomic E-state index is 12.5. The first-order valence-electron chi connectivity index (χ1n) is 5.57. The van der Waals surface area contributed by atoms with Gasteiger partial charge in [-0.05, 0) is 12.1 Å². The summed E-state index contributed by atoms with van der Waals surface area (Å²) in [6, 6.07) is 3.44. The number of methoxy groups -OCH3 is 1. The summed E-state index contributed by atoms with van der Waals surface area (Å²) in [4.78, 5) is 0. The van der Waals surface area contributed by atoms with Crippen LogP contribution in [0.2, 0.25) is 0 Å². The molecule has 0 aliphatic carbocycles. The van der Waals surface area contributed by atoms with Gasteiger partial charge in [0.15, 0.2) is 0 Å². The van der Waals surface area contributed by atoms with Gasteiger partial charge in [-0.15, -0.1) is 0 Å². The molecule has 100 valence electrons. The summed E-state index contributed by atoms with van der Waals surface area (Å²) in [5.74, 6) is 0.206. The number of hydrogen-bond donors (Lipinski definition) is 1. The fourth-order valence-electron chi connectivity index (χ4n) is 1.63. The van der Waals surface area contributed by atoms with E-state index >= 15 is 0 Å². The lowest BCUT2D eigenvalue weighted by atomic mass is 10.1. The first-order valence-corrected chi connectivity index (χ1v) is 5.57. The normalized spacial score (nSPS) is 16.4. The fraction of sp³-hybridized carbons (Fsp3) is 0.500. The third-order valence-electron chi connectivity index (χ3n) is 2.83. The molecule has 1 saturated heterocycles. The second-order valence-corrected chi connectivity index (χ2v) is 4.12. The van der Waals surface area contributed by atoms with Crippen molar-refractivity contribution in [3.05, 3.63) is 29.3 Å². The van der Waals surface area contributed by atoms with Gasteiger partial charge in [-0.1, -0.05) is 6.07 Å². The van der Waals surface area contributed by atoms with Gasteiger partial charge >= 0.3 is 6.18 Å². The monoisotopic (exact) mass is 261 g/mol. The van der Waals surface area contributed by atoms with Gasteiger partial charge in [0, 0.05) is 18.7 Å². The minimum Gasteiger partial charge on any atom is -0.496 e. The largest absolute Gasteiger partial charge is 0.496 e. The molecule has 0 atom stereocenters. The summed E-state index contributed by atoms with van der Waals surface area (Å²) in [6.07, 6.45) is -4.22. The first-order chi connectivity index (χ1) is 8.50. The minimum atomic E-state index is -4.36. The molecule has 2 rings (SSSR count). The van der Waals surface area contributed by atoms with Crippen molar-refractivity contribution in [1.29, 1.82) is 0 Å². The number of nitrogens with one attached hydrogen (secondary N) is 1. The lowest BCUT2D eigenvalue weighted by Gasteiger charge is -2.27. The van der Waals surface area contributed by atoms with Crippen LogP contribution in [0.15, 0.2) is 18.2 Å². The predicted octanol–water partition coefficient (Wildman–Crippen LogP) is 2.20. The van der Waals surface area contributed by atoms with Crippen LogP contribution in [0, 0.1) is 0 Å². The Hall–Kier alpha value is -1.27. The number of halogens is 3. The molecule has 1 aromatic carbocycles. The Morgan fingerprint density at radius 2 is 2.06 bits per heavy atom. The maximum absolute atomic E-state index is 12.5. The Morgan fingerprint density at radius 1 is 1.33 bits per heavy atom. The van der Waals surface area contributed by atoms with Gasteiger partial charge in [0.25, 0.3) is 0 Å². The van der Waals surface area contributed by atoms with Gasteiger partial charge in [0.05, 0.1) is 25.4 Å². The van der Waals surface area contributed by atoms with E-state index in [2.05, 4.69) is 5.32 Å². The molecule has 0 unspecified atom stereocenters. The molecule has 1 aliphatic rings. The van der Waals surface area contributed by atoms with Gasteiger partial charge in [-0.25, -0.2) is 0 Å². The van der Waals surface area contributed by atoms with E-state index in [0.717, 1.165) is 25.2 Å². The summed E-state index contributed by atoms with van der Waals surface area (Å²) < 4.78 is 48.0. The van der Waals surface area contributed by atoms with Gasteiger partial charge in [-0.3, -0.25) is 0 Å². The average Bonchev–Trinajstić information content (AvgIpc) is 2.25. The van der Waals surface area contributed by atoms with E-state index in [9.17, 15) is 13.2 Å². The predicted molar refractivity (Wildman–Crippen MR) is 59.4 cm³/mol. The van der Waals surface area contributed by atoms with Crippen LogP contribution in [0.5, 0.6) is 5.75 Å². The molecule has 0 saturated carbocycles. The number of hydrogen-bond acceptors (Lipinski definition) is 3. The topological polar surface area (TPSA) is 30.5 Å². The molecule has 1 aromatic rings. The van der Waals surface area contributed by atoms with Crippen LogP contribution >= 0.6 is 0 Å². The van der Waals surface area contributed by atoms with Crippen molar-refractivity contribution in [2.45, 2.75) is 18.9 Å². The second kappa shape index (κ2) is 5.16. The summed E-state index contributed by atoms with van der Waals surface area (Å²) >= 11 is 0. The molecule has 3 nitrogen and oxygen atoms in total. The molecule has 0 spiro atoms. The SMILES string of the molecule is COc1cc(C(F)(F)F)ccc1COC1CNC1. The van der Waals surface area contributed by atoms with Gasteiger partial charge in [0.2, 0.25) is 0 Å². The zero-order valence-electron chi connectivity index (χ0n) is 9.88. The molecule has 1 fully saturated rings. The first kappa shape index (κ1) is 13.2. The number of ether oxygens (including phenoxy) is 2. The number of alkyl halides is 3. The molecule has 0 amide bonds. The van der Waals surface area contributed by atoms with Crippen molar-refractivity contribution >= 4 is 0 Å². The van der Waals surface area contributed by atoms with Crippen LogP contribution < -0.4 is 10.1 Å². The summed E-state index contributed by atoms with van der Waals surface area (Å²) in [7, 11) is 1.35. The highest BCUT2D eigenvalue weighted by Gasteiger charge is 2.31. The highest BCUT2D eigenvalue weighted by molar-refractivity contribution is 5.38. The third-order valence-corrected chi connectivity index (χ3v) is 2.83. The van der Waals surface area contributed by atoms with E-state index in [-0.39, 0.29) is 18.5 Å². The van der Waals surface area contributed by atoms with Crippen LogP contribution in [0.1, 0.15) is 11.1 Å². The zero-order chi connectivity index (χ0) is 13.2. The van der Waals surface area contributed by atoms with Gasteiger partial charge in [0.1, 0.15) is 5.75 Å². The third kappa shape index (κ3) is 2.94. The molecular formula is C12H14F3NO2. The van der Waals surface area contributed by atoms with Gasteiger partial charge in [-0.2, -0.15) is 13.2 Å². The minimum absolute atomic E-state index is 0.136. The van der Waals surface area contributed by atoms with Crippen molar-refractivity contribution in [2.24, 2.45) is 0 Å². The summed E-state index contributed by atoms with van der Waals surface area (Å²) in [5.41, 5.74) is -0.0918. The molecule has 1 heterocycles. The second-order valence-electron chi connectivity index (χ2n) is 4.12. The van der Waals surface area contributed by atoms with E-state index in [1.807, 2.05) is 0 Å². The summed E-state index contributed by atoms with van der Waals surface area (Å²) in [6.45, 7) is 1.82. The molecule has 1 aliphatic heterocycles. The number of benzene rings is 1. The van der Waals surface area contributed by atoms with Crippen LogP contribution in [0.4, 0.5) is 13.2 Å². The highest BCUT2D eigenvalue weighted by atomic mass is 19.4. The van der Waals surface area contributed by atoms with Crippen molar-refractivity contribution in [3.8, 4) is 5.75 Å². The van der Waals surface area contributed by atoms with Crippen LogP contribution in [0.3, 0.4) is 0 Å². The van der Waals surface area contributed by atoms with Gasteiger partial charge < -0.3 is 14.8 Å². The van der Waals surface area contributed by atoms with Crippen molar-refractivity contribution < 1.29 is 22.6 Å². The van der Waals surface area contributed by atoms with E-state index < -0.39 is 11.7 Å². The smallest absolute Gasteiger partial charge is 0.416 e. The van der Waals surface area contributed by atoms with E-state index in [0.29, 0.717) is 5.56 Å². The van der Waals surface area contributed by atoms with Crippen molar-refractivity contribution in [3.63, 3.8) is 0 Å². The molecule has 18 heavy (non-hydrogen) atoms. The molecule has 0 aromatic heterocycles. The Morgan fingerprint density at radius 3 is 2.56 bits per heavy atom. The number of rotatable bonds is 4.